The maximum absolute atomic E-state index is 10.5. The van der Waals surface area contributed by atoms with E-state index >= 15 is 0 Å². The lowest BCUT2D eigenvalue weighted by Crippen LogP contribution is -1.95. The van der Waals surface area contributed by atoms with Crippen molar-refractivity contribution in [2.75, 3.05) is 0 Å². The number of carboxylic acids is 1. The molecule has 4 heteroatoms. The number of unbranched alkanes of at least 4 members (excludes halogenated alkanes) is 1. The van der Waals surface area contributed by atoms with Gasteiger partial charge >= 0.3 is 5.97 Å². The summed E-state index contributed by atoms with van der Waals surface area (Å²) in [7, 11) is 0. The van der Waals surface area contributed by atoms with E-state index in [9.17, 15) is 4.79 Å². The van der Waals surface area contributed by atoms with Gasteiger partial charge in [0, 0.05) is 6.21 Å². The molecule has 0 atom stereocenters. The smallest absolute Gasteiger partial charge is 0.335 e. The Balaban J connectivity index is 2.53. The summed E-state index contributed by atoms with van der Waals surface area (Å²) in [4.78, 5) is 15.6. The molecular formula is C11H13NO3. The third kappa shape index (κ3) is 3.81. The number of benzene rings is 1. The van der Waals surface area contributed by atoms with Crippen molar-refractivity contribution < 1.29 is 14.7 Å². The SMILES string of the molecule is CCC/C=N/Oc1ccc(C(=O)O)cc1. The van der Waals surface area contributed by atoms with Gasteiger partial charge in [-0.05, 0) is 30.7 Å². The second kappa shape index (κ2) is 5.80. The fourth-order valence-corrected chi connectivity index (χ4v) is 0.938. The Kier molecular flexibility index (Phi) is 4.34. The second-order valence-electron chi connectivity index (χ2n) is 3.00. The summed E-state index contributed by atoms with van der Waals surface area (Å²) >= 11 is 0. The normalized spacial score (nSPS) is 10.5. The quantitative estimate of drug-likeness (QED) is 0.596. The van der Waals surface area contributed by atoms with Gasteiger partial charge in [-0.1, -0.05) is 18.5 Å². The zero-order valence-electron chi connectivity index (χ0n) is 8.51. The minimum atomic E-state index is -0.948. The minimum absolute atomic E-state index is 0.236. The van der Waals surface area contributed by atoms with Gasteiger partial charge in [-0.25, -0.2) is 4.79 Å². The first kappa shape index (κ1) is 11.2. The summed E-state index contributed by atoms with van der Waals surface area (Å²) in [5.41, 5.74) is 0.236. The number of rotatable bonds is 5. The minimum Gasteiger partial charge on any atom is -0.478 e. The summed E-state index contributed by atoms with van der Waals surface area (Å²) in [5.74, 6) is -0.414. The van der Waals surface area contributed by atoms with Gasteiger partial charge in [0.2, 0.25) is 0 Å². The molecule has 80 valence electrons. The van der Waals surface area contributed by atoms with Crippen LogP contribution in [0.5, 0.6) is 5.75 Å². The first-order valence-corrected chi connectivity index (χ1v) is 4.76. The van der Waals surface area contributed by atoms with Gasteiger partial charge in [0.1, 0.15) is 0 Å². The van der Waals surface area contributed by atoms with Crippen LogP contribution >= 0.6 is 0 Å². The maximum atomic E-state index is 10.5. The molecule has 0 aliphatic heterocycles. The van der Waals surface area contributed by atoms with Crippen LogP contribution in [-0.2, 0) is 0 Å². The summed E-state index contributed by atoms with van der Waals surface area (Å²) in [5, 5.41) is 12.4. The highest BCUT2D eigenvalue weighted by Crippen LogP contribution is 2.12. The largest absolute Gasteiger partial charge is 0.478 e. The van der Waals surface area contributed by atoms with E-state index in [0.717, 1.165) is 12.8 Å². The lowest BCUT2D eigenvalue weighted by Gasteiger charge is -1.98. The van der Waals surface area contributed by atoms with Crippen molar-refractivity contribution in [3.63, 3.8) is 0 Å². The van der Waals surface area contributed by atoms with Gasteiger partial charge < -0.3 is 9.94 Å². The molecule has 1 N–H and O–H groups in total. The number of carbonyl (C=O) groups is 1. The summed E-state index contributed by atoms with van der Waals surface area (Å²) in [6, 6.07) is 6.11. The third-order valence-corrected chi connectivity index (χ3v) is 1.75. The molecule has 0 saturated carbocycles. The van der Waals surface area contributed by atoms with Crippen LogP contribution in [0.4, 0.5) is 0 Å². The van der Waals surface area contributed by atoms with E-state index in [0.29, 0.717) is 5.75 Å². The molecule has 0 heterocycles. The monoisotopic (exact) mass is 207 g/mol. The lowest BCUT2D eigenvalue weighted by molar-refractivity contribution is 0.0697. The third-order valence-electron chi connectivity index (χ3n) is 1.75. The molecule has 1 aromatic carbocycles. The van der Waals surface area contributed by atoms with Crippen LogP contribution < -0.4 is 4.84 Å². The van der Waals surface area contributed by atoms with E-state index in [-0.39, 0.29) is 5.56 Å². The lowest BCUT2D eigenvalue weighted by atomic mass is 10.2. The van der Waals surface area contributed by atoms with E-state index in [1.54, 1.807) is 18.3 Å². The number of aromatic carboxylic acids is 1. The molecule has 0 aromatic heterocycles. The summed E-state index contributed by atoms with van der Waals surface area (Å²) in [6.45, 7) is 2.05. The van der Waals surface area contributed by atoms with Gasteiger partial charge in [0.15, 0.2) is 5.75 Å². The standard InChI is InChI=1S/C11H13NO3/c1-2-3-8-12-15-10-6-4-9(5-7-10)11(13)14/h4-8H,2-3H2,1H3,(H,13,14)/b12-8+. The number of oxime groups is 1. The van der Waals surface area contributed by atoms with Crippen molar-refractivity contribution in [1.29, 1.82) is 0 Å². The van der Waals surface area contributed by atoms with Crippen molar-refractivity contribution in [1.82, 2.24) is 0 Å². The van der Waals surface area contributed by atoms with Gasteiger partial charge in [-0.2, -0.15) is 0 Å². The zero-order chi connectivity index (χ0) is 11.1. The first-order chi connectivity index (χ1) is 7.24. The van der Waals surface area contributed by atoms with E-state index in [4.69, 9.17) is 9.94 Å². The van der Waals surface area contributed by atoms with Crippen molar-refractivity contribution in [2.45, 2.75) is 19.8 Å². The summed E-state index contributed by atoms with van der Waals surface area (Å²) in [6.07, 6.45) is 3.57. The molecule has 0 bridgehead atoms. The molecule has 0 radical (unpaired) electrons. The van der Waals surface area contributed by atoms with E-state index in [1.807, 2.05) is 6.92 Å². The Morgan fingerprint density at radius 2 is 2.13 bits per heavy atom. The molecule has 0 aliphatic carbocycles. The fraction of sp³-hybridized carbons (Fsp3) is 0.273. The molecule has 15 heavy (non-hydrogen) atoms. The molecule has 0 fully saturated rings. The molecule has 0 unspecified atom stereocenters. The number of nitrogens with zero attached hydrogens (tertiary/aromatic N) is 1. The molecule has 0 aliphatic rings. The van der Waals surface area contributed by atoms with Crippen LogP contribution in [-0.4, -0.2) is 17.3 Å². The van der Waals surface area contributed by atoms with Gasteiger partial charge in [0.05, 0.1) is 5.56 Å². The average molecular weight is 207 g/mol. The topological polar surface area (TPSA) is 58.9 Å². The van der Waals surface area contributed by atoms with Crippen LogP contribution in [0, 0.1) is 0 Å². The van der Waals surface area contributed by atoms with Crippen molar-refractivity contribution in [3.05, 3.63) is 29.8 Å². The van der Waals surface area contributed by atoms with E-state index in [2.05, 4.69) is 5.16 Å². The highest BCUT2D eigenvalue weighted by Gasteiger charge is 2.01. The Morgan fingerprint density at radius 1 is 1.47 bits per heavy atom. The molecule has 1 rings (SSSR count). The molecule has 0 amide bonds. The molecule has 4 nitrogen and oxygen atoms in total. The highest BCUT2D eigenvalue weighted by atomic mass is 16.6. The van der Waals surface area contributed by atoms with Gasteiger partial charge in [-0.15, -0.1) is 0 Å². The maximum Gasteiger partial charge on any atom is 0.335 e. The molecular weight excluding hydrogens is 194 g/mol. The van der Waals surface area contributed by atoms with Crippen LogP contribution in [0.1, 0.15) is 30.1 Å². The van der Waals surface area contributed by atoms with Crippen LogP contribution in [0.2, 0.25) is 0 Å². The van der Waals surface area contributed by atoms with Crippen LogP contribution in [0.25, 0.3) is 0 Å². The molecule has 0 saturated heterocycles. The number of carboxylic acid groups (broad SMARTS) is 1. The zero-order valence-corrected chi connectivity index (χ0v) is 8.51. The summed E-state index contributed by atoms with van der Waals surface area (Å²) < 4.78 is 0. The van der Waals surface area contributed by atoms with Crippen molar-refractivity contribution in [2.24, 2.45) is 5.16 Å². The Bertz CT molecular complexity index is 343. The van der Waals surface area contributed by atoms with E-state index < -0.39 is 5.97 Å². The van der Waals surface area contributed by atoms with E-state index in [1.165, 1.54) is 12.1 Å². The second-order valence-corrected chi connectivity index (χ2v) is 3.00. The molecule has 1 aromatic rings. The predicted octanol–water partition coefficient (Wildman–Crippen LogP) is 2.55. The van der Waals surface area contributed by atoms with Crippen molar-refractivity contribution >= 4 is 12.2 Å². The predicted molar refractivity (Wildman–Crippen MR) is 57.4 cm³/mol. The Hall–Kier alpha value is -1.84. The fourth-order valence-electron chi connectivity index (χ4n) is 0.938. The van der Waals surface area contributed by atoms with Gasteiger partial charge in [-0.3, -0.25) is 0 Å². The van der Waals surface area contributed by atoms with Crippen LogP contribution in [0.15, 0.2) is 29.4 Å². The van der Waals surface area contributed by atoms with Gasteiger partial charge in [0.25, 0.3) is 0 Å². The van der Waals surface area contributed by atoms with Crippen LogP contribution in [0.3, 0.4) is 0 Å². The highest BCUT2D eigenvalue weighted by molar-refractivity contribution is 5.87. The average Bonchev–Trinajstić information content (AvgIpc) is 2.25. The first-order valence-electron chi connectivity index (χ1n) is 4.76. The number of hydrogen-bond acceptors (Lipinski definition) is 3. The number of hydrogen-bond donors (Lipinski definition) is 1. The Labute approximate surface area is 88.2 Å². The molecule has 0 spiro atoms. The van der Waals surface area contributed by atoms with Crippen molar-refractivity contribution in [3.8, 4) is 5.75 Å². The Morgan fingerprint density at radius 3 is 2.67 bits per heavy atom.